The van der Waals surface area contributed by atoms with Gasteiger partial charge < -0.3 is 14.8 Å². The molecule has 0 bridgehead atoms. The lowest BCUT2D eigenvalue weighted by atomic mass is 10.2. The normalized spacial score (nSPS) is 12.7. The smallest absolute Gasteiger partial charge is 0.341 e. The van der Waals surface area contributed by atoms with Gasteiger partial charge in [0.05, 0.1) is 12.6 Å². The Balaban J connectivity index is 3.16. The minimum atomic E-state index is -2.69. The van der Waals surface area contributed by atoms with Crippen LogP contribution in [0.5, 0.6) is 0 Å². The molecule has 0 amide bonds. The summed E-state index contributed by atoms with van der Waals surface area (Å²) in [5.74, 6) is -1.43. The average Bonchev–Trinajstić information content (AvgIpc) is 2.26. The van der Waals surface area contributed by atoms with Crippen LogP contribution < -0.4 is 5.56 Å². The lowest BCUT2D eigenvalue weighted by Gasteiger charge is -2.17. The summed E-state index contributed by atoms with van der Waals surface area (Å²) >= 11 is 0. The fraction of sp³-hybridized carbons (Fsp3) is 0.400. The Labute approximate surface area is 94.9 Å². The summed E-state index contributed by atoms with van der Waals surface area (Å²) in [5.41, 5.74) is -1.42. The first-order valence-corrected chi connectivity index (χ1v) is 4.80. The molecule has 0 aliphatic heterocycles. The molecule has 1 heterocycles. The second-order valence-electron chi connectivity index (χ2n) is 3.40. The van der Waals surface area contributed by atoms with Gasteiger partial charge in [0.25, 0.3) is 5.56 Å². The summed E-state index contributed by atoms with van der Waals surface area (Å²) in [7, 11) is 0. The van der Waals surface area contributed by atoms with E-state index in [-0.39, 0.29) is 0 Å². The molecule has 0 radical (unpaired) electrons. The molecule has 0 fully saturated rings. The van der Waals surface area contributed by atoms with E-state index in [0.717, 1.165) is 10.6 Å². The van der Waals surface area contributed by atoms with E-state index >= 15 is 0 Å². The Hall–Kier alpha value is -1.76. The molecule has 1 aromatic rings. The van der Waals surface area contributed by atoms with Gasteiger partial charge in [-0.2, -0.15) is 0 Å². The standard InChI is InChI=1S/C10H11F2NO4/c11-8(12)4-6(5-14)13-3-1-2-7(9(13)15)10(16)17/h1-3,6,8,14H,4-5H2,(H,16,17). The average molecular weight is 247 g/mol. The van der Waals surface area contributed by atoms with Gasteiger partial charge in [0.2, 0.25) is 6.43 Å². The zero-order chi connectivity index (χ0) is 13.0. The molecular weight excluding hydrogens is 236 g/mol. The lowest BCUT2D eigenvalue weighted by molar-refractivity contribution is 0.0692. The van der Waals surface area contributed by atoms with E-state index in [9.17, 15) is 18.4 Å². The number of halogens is 2. The molecule has 0 aliphatic carbocycles. The van der Waals surface area contributed by atoms with E-state index in [1.165, 1.54) is 12.3 Å². The van der Waals surface area contributed by atoms with Crippen molar-refractivity contribution in [3.05, 3.63) is 34.2 Å². The zero-order valence-corrected chi connectivity index (χ0v) is 8.72. The van der Waals surface area contributed by atoms with Crippen LogP contribution in [0.4, 0.5) is 8.78 Å². The fourth-order valence-electron chi connectivity index (χ4n) is 1.44. The summed E-state index contributed by atoms with van der Waals surface area (Å²) in [5, 5.41) is 17.6. The highest BCUT2D eigenvalue weighted by molar-refractivity contribution is 5.86. The number of carboxylic acids is 1. The predicted molar refractivity (Wildman–Crippen MR) is 54.4 cm³/mol. The molecule has 17 heavy (non-hydrogen) atoms. The summed E-state index contributed by atoms with van der Waals surface area (Å²) in [4.78, 5) is 22.3. The van der Waals surface area contributed by atoms with Crippen LogP contribution in [0.25, 0.3) is 0 Å². The van der Waals surface area contributed by atoms with Crippen LogP contribution in [0.2, 0.25) is 0 Å². The van der Waals surface area contributed by atoms with Crippen LogP contribution in [0.3, 0.4) is 0 Å². The van der Waals surface area contributed by atoms with Crippen molar-refractivity contribution in [2.24, 2.45) is 0 Å². The number of aliphatic hydroxyl groups is 1. The van der Waals surface area contributed by atoms with Gasteiger partial charge in [0, 0.05) is 12.6 Å². The number of pyridine rings is 1. The van der Waals surface area contributed by atoms with Crippen molar-refractivity contribution < 1.29 is 23.8 Å². The number of alkyl halides is 2. The Morgan fingerprint density at radius 2 is 2.12 bits per heavy atom. The van der Waals surface area contributed by atoms with Crippen molar-refractivity contribution in [1.82, 2.24) is 4.57 Å². The molecule has 2 N–H and O–H groups in total. The lowest BCUT2D eigenvalue weighted by Crippen LogP contribution is -2.31. The Kier molecular flexibility index (Phi) is 4.33. The number of aliphatic hydroxyl groups excluding tert-OH is 1. The van der Waals surface area contributed by atoms with Crippen LogP contribution in [-0.2, 0) is 0 Å². The van der Waals surface area contributed by atoms with E-state index in [0.29, 0.717) is 0 Å². The number of rotatable bonds is 5. The third kappa shape index (κ3) is 3.10. The highest BCUT2D eigenvalue weighted by Crippen LogP contribution is 2.14. The van der Waals surface area contributed by atoms with E-state index in [4.69, 9.17) is 10.2 Å². The Bertz CT molecular complexity index is 458. The van der Waals surface area contributed by atoms with Crippen molar-refractivity contribution in [2.75, 3.05) is 6.61 Å². The summed E-state index contributed by atoms with van der Waals surface area (Å²) < 4.78 is 25.2. The zero-order valence-electron chi connectivity index (χ0n) is 8.72. The van der Waals surface area contributed by atoms with Gasteiger partial charge in [-0.3, -0.25) is 4.79 Å². The topological polar surface area (TPSA) is 79.5 Å². The van der Waals surface area contributed by atoms with Gasteiger partial charge in [-0.05, 0) is 12.1 Å². The molecule has 0 saturated carbocycles. The molecular formula is C10H11F2NO4. The summed E-state index contributed by atoms with van der Waals surface area (Å²) in [6, 6.07) is 1.22. The van der Waals surface area contributed by atoms with Crippen LogP contribution in [0.15, 0.2) is 23.1 Å². The van der Waals surface area contributed by atoms with E-state index in [1.54, 1.807) is 0 Å². The largest absolute Gasteiger partial charge is 0.477 e. The second kappa shape index (κ2) is 5.53. The van der Waals surface area contributed by atoms with E-state index < -0.39 is 42.6 Å². The number of hydrogen-bond acceptors (Lipinski definition) is 3. The van der Waals surface area contributed by atoms with Crippen molar-refractivity contribution in [2.45, 2.75) is 18.9 Å². The van der Waals surface area contributed by atoms with Crippen LogP contribution in [0, 0.1) is 0 Å². The SMILES string of the molecule is O=C(O)c1cccn(C(CO)CC(F)F)c1=O. The Morgan fingerprint density at radius 3 is 2.59 bits per heavy atom. The van der Waals surface area contributed by atoms with E-state index in [1.807, 2.05) is 0 Å². The van der Waals surface area contributed by atoms with Crippen LogP contribution in [0.1, 0.15) is 22.8 Å². The molecule has 7 heteroatoms. The molecule has 94 valence electrons. The molecule has 0 aliphatic rings. The number of nitrogens with zero attached hydrogens (tertiary/aromatic N) is 1. The number of aromatic nitrogens is 1. The van der Waals surface area contributed by atoms with Gasteiger partial charge in [-0.1, -0.05) is 0 Å². The van der Waals surface area contributed by atoms with Gasteiger partial charge >= 0.3 is 5.97 Å². The predicted octanol–water partition coefficient (Wildman–Crippen LogP) is 0.735. The third-order valence-electron chi connectivity index (χ3n) is 2.26. The molecule has 0 saturated heterocycles. The highest BCUT2D eigenvalue weighted by Gasteiger charge is 2.19. The van der Waals surface area contributed by atoms with Crippen LogP contribution in [-0.4, -0.2) is 33.8 Å². The Morgan fingerprint density at radius 1 is 1.47 bits per heavy atom. The molecule has 0 aromatic carbocycles. The maximum absolute atomic E-state index is 12.2. The number of hydrogen-bond donors (Lipinski definition) is 2. The molecule has 5 nitrogen and oxygen atoms in total. The minimum Gasteiger partial charge on any atom is -0.477 e. The van der Waals surface area contributed by atoms with Crippen molar-refractivity contribution in [1.29, 1.82) is 0 Å². The van der Waals surface area contributed by atoms with Gasteiger partial charge in [-0.25, -0.2) is 13.6 Å². The van der Waals surface area contributed by atoms with Crippen molar-refractivity contribution in [3.63, 3.8) is 0 Å². The minimum absolute atomic E-state index is 0.514. The monoisotopic (exact) mass is 247 g/mol. The highest BCUT2D eigenvalue weighted by atomic mass is 19.3. The quantitative estimate of drug-likeness (QED) is 0.804. The second-order valence-corrected chi connectivity index (χ2v) is 3.40. The van der Waals surface area contributed by atoms with Crippen LogP contribution >= 0.6 is 0 Å². The number of aromatic carboxylic acids is 1. The summed E-state index contributed by atoms with van der Waals surface area (Å²) in [6.45, 7) is -0.659. The van der Waals surface area contributed by atoms with Gasteiger partial charge in [-0.15, -0.1) is 0 Å². The van der Waals surface area contributed by atoms with Gasteiger partial charge in [0.15, 0.2) is 0 Å². The molecule has 1 aromatic heterocycles. The molecule has 1 unspecified atom stereocenters. The summed E-state index contributed by atoms with van der Waals surface area (Å²) in [6.07, 6.45) is -2.22. The van der Waals surface area contributed by atoms with Gasteiger partial charge in [0.1, 0.15) is 5.56 Å². The van der Waals surface area contributed by atoms with Crippen molar-refractivity contribution in [3.8, 4) is 0 Å². The fourth-order valence-corrected chi connectivity index (χ4v) is 1.44. The number of carboxylic acid groups (broad SMARTS) is 1. The maximum Gasteiger partial charge on any atom is 0.341 e. The number of carbonyl (C=O) groups is 1. The third-order valence-corrected chi connectivity index (χ3v) is 2.26. The first-order valence-electron chi connectivity index (χ1n) is 4.80. The first-order chi connectivity index (χ1) is 7.97. The maximum atomic E-state index is 12.2. The molecule has 0 spiro atoms. The molecule has 1 rings (SSSR count). The first kappa shape index (κ1) is 13.3. The molecule has 1 atom stereocenters. The van der Waals surface area contributed by atoms with E-state index in [2.05, 4.69) is 0 Å². The van der Waals surface area contributed by atoms with Crippen molar-refractivity contribution >= 4 is 5.97 Å².